The van der Waals surface area contributed by atoms with Gasteiger partial charge in [0, 0.05) is 13.1 Å². The van der Waals surface area contributed by atoms with Crippen molar-refractivity contribution in [3.8, 4) is 0 Å². The third-order valence-corrected chi connectivity index (χ3v) is 5.52. The summed E-state index contributed by atoms with van der Waals surface area (Å²) in [5, 5.41) is 3.14. The van der Waals surface area contributed by atoms with Crippen LogP contribution in [0, 0.1) is 5.92 Å². The van der Waals surface area contributed by atoms with E-state index in [2.05, 4.69) is 5.32 Å². The maximum Gasteiger partial charge on any atom is 0.276 e. The van der Waals surface area contributed by atoms with Crippen LogP contribution in [0.15, 0.2) is 21.6 Å². The van der Waals surface area contributed by atoms with Crippen LogP contribution in [0.2, 0.25) is 0 Å². The van der Waals surface area contributed by atoms with Crippen LogP contribution in [-0.4, -0.2) is 32.4 Å². The first kappa shape index (κ1) is 14.6. The van der Waals surface area contributed by atoms with Crippen molar-refractivity contribution in [2.24, 2.45) is 5.92 Å². The maximum atomic E-state index is 12.4. The van der Waals surface area contributed by atoms with Crippen molar-refractivity contribution in [2.75, 3.05) is 13.6 Å². The molecule has 1 saturated carbocycles. The molecule has 0 amide bonds. The normalized spacial score (nSPS) is 17.9. The molecule has 5 nitrogen and oxygen atoms in total. The monoisotopic (exact) mass is 286 g/mol. The van der Waals surface area contributed by atoms with Crippen LogP contribution in [0.1, 0.15) is 32.4 Å². The Kier molecular flexibility index (Phi) is 4.32. The maximum absolute atomic E-state index is 12.4. The zero-order valence-corrected chi connectivity index (χ0v) is 12.5. The topological polar surface area (TPSA) is 62.6 Å². The molecule has 0 bridgehead atoms. The number of nitrogens with zero attached hydrogens (tertiary/aromatic N) is 1. The average molecular weight is 286 g/mol. The van der Waals surface area contributed by atoms with Gasteiger partial charge in [0.2, 0.25) is 5.09 Å². The molecule has 0 aromatic carbocycles. The molecule has 1 aliphatic carbocycles. The van der Waals surface area contributed by atoms with E-state index >= 15 is 0 Å². The zero-order chi connectivity index (χ0) is 14.0. The summed E-state index contributed by atoms with van der Waals surface area (Å²) in [6, 6.07) is 3.29. The highest BCUT2D eigenvalue weighted by atomic mass is 32.2. The van der Waals surface area contributed by atoms with Crippen LogP contribution < -0.4 is 5.32 Å². The van der Waals surface area contributed by atoms with Crippen molar-refractivity contribution in [1.82, 2.24) is 9.62 Å². The second-order valence-electron chi connectivity index (χ2n) is 5.10. The second-order valence-corrected chi connectivity index (χ2v) is 7.03. The fourth-order valence-corrected chi connectivity index (χ4v) is 3.42. The van der Waals surface area contributed by atoms with Gasteiger partial charge in [-0.1, -0.05) is 6.92 Å². The van der Waals surface area contributed by atoms with Gasteiger partial charge in [0.25, 0.3) is 10.0 Å². The van der Waals surface area contributed by atoms with E-state index in [9.17, 15) is 8.42 Å². The van der Waals surface area contributed by atoms with E-state index in [1.54, 1.807) is 13.1 Å². The van der Waals surface area contributed by atoms with Crippen LogP contribution in [0.5, 0.6) is 0 Å². The van der Waals surface area contributed by atoms with Gasteiger partial charge in [-0.2, -0.15) is 4.31 Å². The molecule has 19 heavy (non-hydrogen) atoms. The Morgan fingerprint density at radius 2 is 2.16 bits per heavy atom. The van der Waals surface area contributed by atoms with E-state index in [0.29, 0.717) is 18.2 Å². The van der Waals surface area contributed by atoms with Crippen LogP contribution >= 0.6 is 0 Å². The van der Waals surface area contributed by atoms with Crippen molar-refractivity contribution in [3.63, 3.8) is 0 Å². The Bertz CT molecular complexity index is 520. The summed E-state index contributed by atoms with van der Waals surface area (Å²) < 4.78 is 31.7. The Hall–Kier alpha value is -0.850. The van der Waals surface area contributed by atoms with Gasteiger partial charge >= 0.3 is 0 Å². The molecular weight excluding hydrogens is 264 g/mol. The quantitative estimate of drug-likeness (QED) is 0.830. The summed E-state index contributed by atoms with van der Waals surface area (Å²) in [6.07, 6.45) is 2.23. The molecule has 6 heteroatoms. The molecule has 1 unspecified atom stereocenters. The SMILES string of the molecule is CCNCc1ccc(S(=O)(=O)N(C)C(C)C2CC2)o1. The molecule has 1 aliphatic rings. The molecule has 1 aromatic heterocycles. The van der Waals surface area contributed by atoms with Crippen molar-refractivity contribution in [3.05, 3.63) is 17.9 Å². The number of hydrogen-bond acceptors (Lipinski definition) is 4. The lowest BCUT2D eigenvalue weighted by molar-refractivity contribution is 0.333. The van der Waals surface area contributed by atoms with Crippen molar-refractivity contribution >= 4 is 10.0 Å². The van der Waals surface area contributed by atoms with Gasteiger partial charge in [-0.15, -0.1) is 0 Å². The van der Waals surface area contributed by atoms with Gasteiger partial charge in [-0.05, 0) is 44.4 Å². The molecule has 0 spiro atoms. The van der Waals surface area contributed by atoms with Gasteiger partial charge in [-0.25, -0.2) is 8.42 Å². The third kappa shape index (κ3) is 3.19. The van der Waals surface area contributed by atoms with E-state index in [0.717, 1.165) is 19.4 Å². The molecule has 1 atom stereocenters. The largest absolute Gasteiger partial charge is 0.447 e. The Balaban J connectivity index is 2.11. The summed E-state index contributed by atoms with van der Waals surface area (Å²) in [5.41, 5.74) is 0. The number of nitrogens with one attached hydrogen (secondary N) is 1. The first-order chi connectivity index (χ1) is 8.96. The number of hydrogen-bond donors (Lipinski definition) is 1. The lowest BCUT2D eigenvalue weighted by atomic mass is 10.2. The Labute approximate surface area is 115 Å². The summed E-state index contributed by atoms with van der Waals surface area (Å²) in [7, 11) is -1.88. The highest BCUT2D eigenvalue weighted by molar-refractivity contribution is 7.89. The highest BCUT2D eigenvalue weighted by Crippen LogP contribution is 2.36. The minimum Gasteiger partial charge on any atom is -0.447 e. The average Bonchev–Trinajstić information content (AvgIpc) is 3.12. The third-order valence-electron chi connectivity index (χ3n) is 3.70. The lowest BCUT2D eigenvalue weighted by Gasteiger charge is -2.22. The number of furan rings is 1. The van der Waals surface area contributed by atoms with Gasteiger partial charge < -0.3 is 9.73 Å². The number of sulfonamides is 1. The molecule has 0 radical (unpaired) electrons. The van der Waals surface area contributed by atoms with E-state index in [1.807, 2.05) is 13.8 Å². The van der Waals surface area contributed by atoms with E-state index in [-0.39, 0.29) is 11.1 Å². The molecule has 0 saturated heterocycles. The minimum atomic E-state index is -3.51. The van der Waals surface area contributed by atoms with Crippen LogP contribution in [0.25, 0.3) is 0 Å². The molecule has 2 rings (SSSR count). The van der Waals surface area contributed by atoms with E-state index in [1.165, 1.54) is 10.4 Å². The van der Waals surface area contributed by atoms with Crippen LogP contribution in [0.3, 0.4) is 0 Å². The predicted octanol–water partition coefficient (Wildman–Crippen LogP) is 1.81. The Morgan fingerprint density at radius 1 is 1.47 bits per heavy atom. The molecule has 108 valence electrons. The predicted molar refractivity (Wildman–Crippen MR) is 73.2 cm³/mol. The molecule has 1 N–H and O–H groups in total. The minimum absolute atomic E-state index is 0.0346. The first-order valence-corrected chi connectivity index (χ1v) is 8.18. The number of rotatable bonds is 7. The molecule has 1 aromatic rings. The van der Waals surface area contributed by atoms with Crippen LogP contribution in [0.4, 0.5) is 0 Å². The smallest absolute Gasteiger partial charge is 0.276 e. The summed E-state index contributed by atoms with van der Waals surface area (Å²) in [5.74, 6) is 1.14. The van der Waals surface area contributed by atoms with Crippen molar-refractivity contribution in [1.29, 1.82) is 0 Å². The van der Waals surface area contributed by atoms with Gasteiger partial charge in [-0.3, -0.25) is 0 Å². The molecule has 1 heterocycles. The van der Waals surface area contributed by atoms with Gasteiger partial charge in [0.05, 0.1) is 6.54 Å². The fraction of sp³-hybridized carbons (Fsp3) is 0.692. The lowest BCUT2D eigenvalue weighted by Crippen LogP contribution is -2.36. The molecular formula is C13H22N2O3S. The van der Waals surface area contributed by atoms with Gasteiger partial charge in [0.15, 0.2) is 0 Å². The molecule has 0 aliphatic heterocycles. The highest BCUT2D eigenvalue weighted by Gasteiger charge is 2.37. The summed E-state index contributed by atoms with van der Waals surface area (Å²) >= 11 is 0. The summed E-state index contributed by atoms with van der Waals surface area (Å²) in [4.78, 5) is 0. The molecule has 1 fully saturated rings. The fourth-order valence-electron chi connectivity index (χ4n) is 2.08. The van der Waals surface area contributed by atoms with Crippen molar-refractivity contribution < 1.29 is 12.8 Å². The van der Waals surface area contributed by atoms with E-state index < -0.39 is 10.0 Å². The van der Waals surface area contributed by atoms with Gasteiger partial charge in [0.1, 0.15) is 5.76 Å². The van der Waals surface area contributed by atoms with Crippen LogP contribution in [-0.2, 0) is 16.6 Å². The standard InChI is InChI=1S/C13H22N2O3S/c1-4-14-9-12-7-8-13(18-12)19(16,17)15(3)10(2)11-5-6-11/h7-8,10-11,14H,4-6,9H2,1-3H3. The Morgan fingerprint density at radius 3 is 2.74 bits per heavy atom. The van der Waals surface area contributed by atoms with Crippen molar-refractivity contribution in [2.45, 2.75) is 44.4 Å². The first-order valence-electron chi connectivity index (χ1n) is 6.74. The zero-order valence-electron chi connectivity index (χ0n) is 11.7. The second kappa shape index (κ2) is 5.64. The summed E-state index contributed by atoms with van der Waals surface area (Å²) in [6.45, 7) is 5.32. The van der Waals surface area contributed by atoms with E-state index in [4.69, 9.17) is 4.42 Å².